The van der Waals surface area contributed by atoms with Crippen molar-refractivity contribution in [3.63, 3.8) is 0 Å². The first-order valence-corrected chi connectivity index (χ1v) is 6.67. The van der Waals surface area contributed by atoms with Crippen LogP contribution in [0.4, 0.5) is 0 Å². The molecule has 2 heteroatoms. The van der Waals surface area contributed by atoms with Crippen LogP contribution in [0.3, 0.4) is 0 Å². The highest BCUT2D eigenvalue weighted by Crippen LogP contribution is 2.24. The van der Waals surface area contributed by atoms with Crippen molar-refractivity contribution in [1.82, 2.24) is 4.90 Å². The van der Waals surface area contributed by atoms with Crippen molar-refractivity contribution in [2.24, 2.45) is 16.8 Å². The number of rotatable bonds is 4. The van der Waals surface area contributed by atoms with Crippen molar-refractivity contribution in [1.29, 1.82) is 0 Å². The Morgan fingerprint density at radius 1 is 1.38 bits per heavy atom. The molecule has 0 aromatic heterocycles. The lowest BCUT2D eigenvalue weighted by Gasteiger charge is -2.32. The maximum Gasteiger partial charge on any atom is 0.0371 e. The predicted molar refractivity (Wildman–Crippen MR) is 69.8 cm³/mol. The average Bonchev–Trinajstić information content (AvgIpc) is 2.73. The van der Waals surface area contributed by atoms with E-state index < -0.39 is 0 Å². The summed E-state index contributed by atoms with van der Waals surface area (Å²) in [5, 5.41) is 0. The highest BCUT2D eigenvalue weighted by molar-refractivity contribution is 5.89. The summed E-state index contributed by atoms with van der Waals surface area (Å²) >= 11 is 0. The monoisotopic (exact) mass is 220 g/mol. The maximum absolute atomic E-state index is 4.39. The molecule has 0 spiro atoms. The van der Waals surface area contributed by atoms with Crippen LogP contribution in [0.25, 0.3) is 0 Å². The molecule has 2 rings (SSSR count). The highest BCUT2D eigenvalue weighted by Gasteiger charge is 2.20. The molecule has 0 saturated carbocycles. The molecule has 0 unspecified atom stereocenters. The Hall–Kier alpha value is -0.630. The number of likely N-dealkylation sites (tertiary alicyclic amines) is 1. The van der Waals surface area contributed by atoms with Crippen molar-refractivity contribution < 1.29 is 0 Å². The Labute approximate surface area is 99.4 Å². The maximum atomic E-state index is 4.39. The van der Waals surface area contributed by atoms with Crippen LogP contribution in [-0.2, 0) is 0 Å². The van der Waals surface area contributed by atoms with E-state index in [-0.39, 0.29) is 0 Å². The topological polar surface area (TPSA) is 15.6 Å². The van der Waals surface area contributed by atoms with Crippen LogP contribution in [0, 0.1) is 11.8 Å². The van der Waals surface area contributed by atoms with Crippen molar-refractivity contribution in [3.8, 4) is 0 Å². The van der Waals surface area contributed by atoms with Crippen molar-refractivity contribution >= 4 is 5.71 Å². The van der Waals surface area contributed by atoms with Gasteiger partial charge in [0.15, 0.2) is 0 Å². The minimum atomic E-state index is 0.861. The first kappa shape index (κ1) is 11.8. The van der Waals surface area contributed by atoms with Crippen LogP contribution in [0.2, 0.25) is 0 Å². The van der Waals surface area contributed by atoms with Gasteiger partial charge >= 0.3 is 0 Å². The summed E-state index contributed by atoms with van der Waals surface area (Å²) in [4.78, 5) is 6.96. The Morgan fingerprint density at radius 3 is 2.69 bits per heavy atom. The predicted octanol–water partition coefficient (Wildman–Crippen LogP) is 3.10. The molecule has 0 radical (unpaired) electrons. The van der Waals surface area contributed by atoms with Crippen LogP contribution in [-0.4, -0.2) is 30.2 Å². The Morgan fingerprint density at radius 2 is 2.12 bits per heavy atom. The molecule has 1 fully saturated rings. The normalized spacial score (nSPS) is 23.1. The second-order valence-corrected chi connectivity index (χ2v) is 5.63. The van der Waals surface area contributed by atoms with E-state index in [1.165, 1.54) is 38.1 Å². The number of hydrogen-bond acceptors (Lipinski definition) is 2. The van der Waals surface area contributed by atoms with Gasteiger partial charge in [0, 0.05) is 24.9 Å². The van der Waals surface area contributed by atoms with Gasteiger partial charge in [-0.25, -0.2) is 0 Å². The zero-order valence-electron chi connectivity index (χ0n) is 10.7. The van der Waals surface area contributed by atoms with Crippen molar-refractivity contribution in [2.45, 2.75) is 39.5 Å². The summed E-state index contributed by atoms with van der Waals surface area (Å²) in [6.07, 6.45) is 9.36. The first-order valence-electron chi connectivity index (χ1n) is 6.67. The Bertz CT molecular complexity index is 270. The molecular formula is C14H24N2. The van der Waals surface area contributed by atoms with Gasteiger partial charge in [-0.1, -0.05) is 19.9 Å². The molecule has 2 aliphatic heterocycles. The van der Waals surface area contributed by atoms with E-state index in [2.05, 4.69) is 29.8 Å². The fraction of sp³-hybridized carbons (Fsp3) is 0.786. The lowest BCUT2D eigenvalue weighted by atomic mass is 9.88. The van der Waals surface area contributed by atoms with Gasteiger partial charge in [0.25, 0.3) is 0 Å². The van der Waals surface area contributed by atoms with Gasteiger partial charge in [0.1, 0.15) is 0 Å². The molecule has 0 N–H and O–H groups in total. The largest absolute Gasteiger partial charge is 0.298 e. The van der Waals surface area contributed by atoms with Crippen molar-refractivity contribution in [2.75, 3.05) is 19.6 Å². The third-order valence-corrected chi connectivity index (χ3v) is 3.63. The van der Waals surface area contributed by atoms with Crippen LogP contribution >= 0.6 is 0 Å². The average molecular weight is 220 g/mol. The highest BCUT2D eigenvalue weighted by atomic mass is 15.1. The summed E-state index contributed by atoms with van der Waals surface area (Å²) in [6.45, 7) is 8.32. The van der Waals surface area contributed by atoms with Gasteiger partial charge in [0.2, 0.25) is 0 Å². The van der Waals surface area contributed by atoms with E-state index in [0.717, 1.165) is 24.8 Å². The third-order valence-electron chi connectivity index (χ3n) is 3.63. The van der Waals surface area contributed by atoms with Crippen LogP contribution in [0.1, 0.15) is 39.5 Å². The molecule has 90 valence electrons. The van der Waals surface area contributed by atoms with Gasteiger partial charge in [-0.3, -0.25) is 9.89 Å². The molecule has 0 bridgehead atoms. The lowest BCUT2D eigenvalue weighted by molar-refractivity contribution is 0.189. The molecule has 0 atom stereocenters. The molecule has 2 heterocycles. The summed E-state index contributed by atoms with van der Waals surface area (Å²) in [5.74, 6) is 1.83. The standard InChI is InChI=1S/C14H24N2/c1-12(2)10-13-5-8-16(9-6-13)11-14-4-3-7-15-14/h3,7,12-13H,4-6,8-11H2,1-2H3. The number of hydrogen-bond donors (Lipinski definition) is 0. The SMILES string of the molecule is CC(C)CC1CCN(CC2=NC=CC2)CC1. The molecule has 2 nitrogen and oxygen atoms in total. The summed E-state index contributed by atoms with van der Waals surface area (Å²) in [6, 6.07) is 0. The molecule has 0 aromatic rings. The molecular weight excluding hydrogens is 196 g/mol. The zero-order valence-corrected chi connectivity index (χ0v) is 10.7. The van der Waals surface area contributed by atoms with Gasteiger partial charge in [0.05, 0.1) is 0 Å². The number of allylic oxidation sites excluding steroid dienone is 1. The van der Waals surface area contributed by atoms with Gasteiger partial charge in [-0.2, -0.15) is 0 Å². The Balaban J connectivity index is 1.69. The fourth-order valence-corrected chi connectivity index (χ4v) is 2.81. The Kier molecular flexibility index (Phi) is 4.16. The number of piperidine rings is 1. The van der Waals surface area contributed by atoms with E-state index >= 15 is 0 Å². The van der Waals surface area contributed by atoms with Gasteiger partial charge in [-0.05, 0) is 44.2 Å². The second kappa shape index (κ2) is 5.62. The fourth-order valence-electron chi connectivity index (χ4n) is 2.81. The van der Waals surface area contributed by atoms with Gasteiger partial charge < -0.3 is 0 Å². The van der Waals surface area contributed by atoms with E-state index in [0.29, 0.717) is 0 Å². The summed E-state index contributed by atoms with van der Waals surface area (Å²) in [7, 11) is 0. The van der Waals surface area contributed by atoms with Crippen molar-refractivity contribution in [3.05, 3.63) is 12.3 Å². The van der Waals surface area contributed by atoms with Crippen LogP contribution < -0.4 is 0 Å². The quantitative estimate of drug-likeness (QED) is 0.711. The van der Waals surface area contributed by atoms with Crippen LogP contribution in [0.5, 0.6) is 0 Å². The summed E-state index contributed by atoms with van der Waals surface area (Å²) in [5.41, 5.74) is 1.35. The molecule has 1 saturated heterocycles. The minimum absolute atomic E-state index is 0.861. The first-order chi connectivity index (χ1) is 7.74. The van der Waals surface area contributed by atoms with E-state index in [4.69, 9.17) is 0 Å². The molecule has 16 heavy (non-hydrogen) atoms. The minimum Gasteiger partial charge on any atom is -0.298 e. The molecule has 0 aliphatic carbocycles. The van der Waals surface area contributed by atoms with Gasteiger partial charge in [-0.15, -0.1) is 0 Å². The van der Waals surface area contributed by atoms with Crippen LogP contribution in [0.15, 0.2) is 17.3 Å². The van der Waals surface area contributed by atoms with E-state index in [1.54, 1.807) is 0 Å². The smallest absolute Gasteiger partial charge is 0.0371 e. The number of aliphatic imine (C=N–C) groups is 1. The molecule has 2 aliphatic rings. The number of nitrogens with zero attached hydrogens (tertiary/aromatic N) is 2. The van der Waals surface area contributed by atoms with E-state index in [1.807, 2.05) is 6.20 Å². The van der Waals surface area contributed by atoms with E-state index in [9.17, 15) is 0 Å². The lowest BCUT2D eigenvalue weighted by Crippen LogP contribution is -2.37. The third kappa shape index (κ3) is 3.44. The second-order valence-electron chi connectivity index (χ2n) is 5.63. The summed E-state index contributed by atoms with van der Waals surface area (Å²) < 4.78 is 0. The molecule has 0 aromatic carbocycles. The zero-order chi connectivity index (χ0) is 11.4. The molecule has 0 amide bonds.